The molecule has 1 nitrogen and oxygen atoms in total. The molecule has 2 atom stereocenters. The molecule has 2 heteroatoms. The fourth-order valence-electron chi connectivity index (χ4n) is 2.41. The van der Waals surface area contributed by atoms with Gasteiger partial charge in [-0.3, -0.25) is 0 Å². The summed E-state index contributed by atoms with van der Waals surface area (Å²) in [6.07, 6.45) is 1.06. The maximum Gasteiger partial charge on any atom is 0.0892 e. The number of ether oxygens (including phenoxy) is 1. The van der Waals surface area contributed by atoms with E-state index in [-0.39, 0.29) is 16.9 Å². The lowest BCUT2D eigenvalue weighted by Crippen LogP contribution is -2.39. The summed E-state index contributed by atoms with van der Waals surface area (Å²) in [6, 6.07) is 8.41. The number of aryl methyl sites for hydroxylation is 1. The predicted octanol–water partition coefficient (Wildman–Crippen LogP) is 4.09. The molecule has 0 radical (unpaired) electrons. The third-order valence-electron chi connectivity index (χ3n) is 3.61. The lowest BCUT2D eigenvalue weighted by Gasteiger charge is -2.42. The van der Waals surface area contributed by atoms with Crippen LogP contribution in [0.15, 0.2) is 24.3 Å². The first-order valence-corrected chi connectivity index (χ1v) is 6.28. The van der Waals surface area contributed by atoms with Crippen molar-refractivity contribution >= 4 is 11.6 Å². The van der Waals surface area contributed by atoms with Gasteiger partial charge in [0.1, 0.15) is 0 Å². The highest BCUT2D eigenvalue weighted by Gasteiger charge is 2.41. The van der Waals surface area contributed by atoms with E-state index < -0.39 is 0 Å². The Labute approximate surface area is 103 Å². The Kier molecular flexibility index (Phi) is 3.27. The van der Waals surface area contributed by atoms with E-state index in [4.69, 9.17) is 16.3 Å². The highest BCUT2D eigenvalue weighted by atomic mass is 35.5. The first kappa shape index (κ1) is 11.9. The number of benzene rings is 1. The second kappa shape index (κ2) is 4.38. The van der Waals surface area contributed by atoms with E-state index in [1.807, 2.05) is 0 Å². The minimum Gasteiger partial charge on any atom is -0.373 e. The van der Waals surface area contributed by atoms with Crippen molar-refractivity contribution in [3.63, 3.8) is 0 Å². The van der Waals surface area contributed by atoms with Crippen molar-refractivity contribution in [3.05, 3.63) is 35.4 Å². The summed E-state index contributed by atoms with van der Waals surface area (Å²) in [7, 11) is 0. The summed E-state index contributed by atoms with van der Waals surface area (Å²) in [5.74, 6) is 0. The molecule has 1 heterocycles. The van der Waals surface area contributed by atoms with Crippen LogP contribution in [0.3, 0.4) is 0 Å². The summed E-state index contributed by atoms with van der Waals surface area (Å²) >= 11 is 6.43. The van der Waals surface area contributed by atoms with E-state index in [2.05, 4.69) is 45.0 Å². The molecular weight excluding hydrogens is 220 g/mol. The van der Waals surface area contributed by atoms with E-state index >= 15 is 0 Å². The van der Waals surface area contributed by atoms with Crippen molar-refractivity contribution < 1.29 is 4.74 Å². The molecule has 0 saturated carbocycles. The third kappa shape index (κ3) is 1.99. The van der Waals surface area contributed by atoms with Crippen LogP contribution in [0.2, 0.25) is 0 Å². The summed E-state index contributed by atoms with van der Waals surface area (Å²) in [5.41, 5.74) is 2.55. The highest BCUT2D eigenvalue weighted by molar-refractivity contribution is 6.21. The Bertz CT molecular complexity index is 373. The van der Waals surface area contributed by atoms with Crippen LogP contribution in [-0.4, -0.2) is 12.0 Å². The Hall–Kier alpha value is -0.530. The molecular formula is C14H19ClO. The van der Waals surface area contributed by atoms with E-state index in [0.29, 0.717) is 0 Å². The molecule has 0 unspecified atom stereocenters. The number of halogens is 1. The lowest BCUT2D eigenvalue weighted by atomic mass is 9.76. The Morgan fingerprint density at radius 1 is 1.31 bits per heavy atom. The van der Waals surface area contributed by atoms with Gasteiger partial charge in [-0.1, -0.05) is 38.1 Å². The SMILES string of the molecule is Cc1ccccc1[C@@H]1OCC[C@H](Cl)C1(C)C. The fraction of sp³-hybridized carbons (Fsp3) is 0.571. The van der Waals surface area contributed by atoms with E-state index in [9.17, 15) is 0 Å². The second-order valence-electron chi connectivity index (χ2n) is 5.18. The molecule has 1 fully saturated rings. The molecule has 1 saturated heterocycles. The first-order chi connectivity index (χ1) is 7.53. The standard InChI is InChI=1S/C14H19ClO/c1-10-6-4-5-7-11(10)13-14(2,3)12(15)8-9-16-13/h4-7,12-13H,8-9H2,1-3H3/t12-,13-/m0/s1. The van der Waals surface area contributed by atoms with Crippen molar-refractivity contribution in [2.45, 2.75) is 38.7 Å². The van der Waals surface area contributed by atoms with E-state index in [1.54, 1.807) is 0 Å². The smallest absolute Gasteiger partial charge is 0.0892 e. The largest absolute Gasteiger partial charge is 0.373 e. The lowest BCUT2D eigenvalue weighted by molar-refractivity contribution is -0.0672. The van der Waals surface area contributed by atoms with Gasteiger partial charge in [0.25, 0.3) is 0 Å². The average molecular weight is 239 g/mol. The molecule has 1 aromatic rings. The van der Waals surface area contributed by atoms with Crippen LogP contribution in [0.1, 0.15) is 37.5 Å². The maximum atomic E-state index is 6.43. The van der Waals surface area contributed by atoms with Gasteiger partial charge in [-0.15, -0.1) is 11.6 Å². The second-order valence-corrected chi connectivity index (χ2v) is 5.71. The first-order valence-electron chi connectivity index (χ1n) is 5.84. The molecule has 2 rings (SSSR count). The minimum atomic E-state index is -0.00802. The van der Waals surface area contributed by atoms with Crippen molar-refractivity contribution in [2.75, 3.05) is 6.61 Å². The molecule has 0 aromatic heterocycles. The molecule has 0 N–H and O–H groups in total. The van der Waals surface area contributed by atoms with Crippen molar-refractivity contribution in [2.24, 2.45) is 5.41 Å². The van der Waals surface area contributed by atoms with Crippen molar-refractivity contribution in [1.82, 2.24) is 0 Å². The molecule has 88 valence electrons. The molecule has 1 aromatic carbocycles. The highest BCUT2D eigenvalue weighted by Crippen LogP contribution is 2.46. The molecule has 1 aliphatic heterocycles. The van der Waals surface area contributed by atoms with Crippen molar-refractivity contribution in [3.8, 4) is 0 Å². The van der Waals surface area contributed by atoms with Gasteiger partial charge in [0.05, 0.1) is 6.10 Å². The van der Waals surface area contributed by atoms with Crippen LogP contribution < -0.4 is 0 Å². The number of rotatable bonds is 1. The van der Waals surface area contributed by atoms with Crippen LogP contribution in [0.5, 0.6) is 0 Å². The Balaban J connectivity index is 2.36. The predicted molar refractivity (Wildman–Crippen MR) is 67.9 cm³/mol. The van der Waals surface area contributed by atoms with Crippen LogP contribution in [0.25, 0.3) is 0 Å². The Morgan fingerprint density at radius 3 is 2.69 bits per heavy atom. The molecule has 0 aliphatic carbocycles. The van der Waals surface area contributed by atoms with Gasteiger partial charge >= 0.3 is 0 Å². The number of alkyl halides is 1. The maximum absolute atomic E-state index is 6.43. The van der Waals surface area contributed by atoms with Crippen LogP contribution in [0.4, 0.5) is 0 Å². The topological polar surface area (TPSA) is 9.23 Å². The zero-order valence-corrected chi connectivity index (χ0v) is 10.9. The third-order valence-corrected chi connectivity index (χ3v) is 4.39. The minimum absolute atomic E-state index is 0.00802. The monoisotopic (exact) mass is 238 g/mol. The van der Waals surface area contributed by atoms with Crippen LogP contribution in [0, 0.1) is 12.3 Å². The summed E-state index contributed by atoms with van der Waals surface area (Å²) in [6.45, 7) is 7.28. The summed E-state index contributed by atoms with van der Waals surface area (Å²) < 4.78 is 5.95. The number of hydrogen-bond donors (Lipinski definition) is 0. The van der Waals surface area contributed by atoms with Gasteiger partial charge in [0.15, 0.2) is 0 Å². The van der Waals surface area contributed by atoms with Gasteiger partial charge < -0.3 is 4.74 Å². The average Bonchev–Trinajstić information content (AvgIpc) is 2.24. The molecule has 0 spiro atoms. The molecule has 0 bridgehead atoms. The van der Waals surface area contributed by atoms with Crippen molar-refractivity contribution in [1.29, 1.82) is 0 Å². The van der Waals surface area contributed by atoms with Gasteiger partial charge in [-0.05, 0) is 24.5 Å². The Morgan fingerprint density at radius 2 is 2.00 bits per heavy atom. The zero-order chi connectivity index (χ0) is 11.8. The van der Waals surface area contributed by atoms with Gasteiger partial charge in [0.2, 0.25) is 0 Å². The molecule has 0 amide bonds. The molecule has 1 aliphatic rings. The van der Waals surface area contributed by atoms with Crippen LogP contribution >= 0.6 is 11.6 Å². The fourth-order valence-corrected chi connectivity index (χ4v) is 2.62. The van der Waals surface area contributed by atoms with E-state index in [0.717, 1.165) is 13.0 Å². The van der Waals surface area contributed by atoms with E-state index in [1.165, 1.54) is 11.1 Å². The van der Waals surface area contributed by atoms with Gasteiger partial charge in [0, 0.05) is 17.4 Å². The molecule has 16 heavy (non-hydrogen) atoms. The van der Waals surface area contributed by atoms with Crippen LogP contribution in [-0.2, 0) is 4.74 Å². The van der Waals surface area contributed by atoms with Gasteiger partial charge in [-0.2, -0.15) is 0 Å². The normalized spacial score (nSPS) is 29.0. The quantitative estimate of drug-likeness (QED) is 0.670. The van der Waals surface area contributed by atoms with Gasteiger partial charge in [-0.25, -0.2) is 0 Å². The zero-order valence-electron chi connectivity index (χ0n) is 10.2. The number of hydrogen-bond acceptors (Lipinski definition) is 1. The summed E-state index contributed by atoms with van der Waals surface area (Å²) in [4.78, 5) is 0. The summed E-state index contributed by atoms with van der Waals surface area (Å²) in [5, 5.41) is 0.186.